The topological polar surface area (TPSA) is 53.6 Å². The predicted octanol–water partition coefficient (Wildman–Crippen LogP) is 4.50. The van der Waals surface area contributed by atoms with Crippen molar-refractivity contribution in [3.05, 3.63) is 66.2 Å². The minimum absolute atomic E-state index is 0.0124. The molecule has 0 fully saturated rings. The molecule has 5 heteroatoms. The van der Waals surface area contributed by atoms with E-state index < -0.39 is 0 Å². The van der Waals surface area contributed by atoms with Crippen molar-refractivity contribution in [2.24, 2.45) is 0 Å². The van der Waals surface area contributed by atoms with Gasteiger partial charge in [-0.15, -0.1) is 6.58 Å². The molecule has 3 rings (SSSR count). The van der Waals surface area contributed by atoms with Gasteiger partial charge in [0.2, 0.25) is 5.91 Å². The van der Waals surface area contributed by atoms with Gasteiger partial charge in [0.15, 0.2) is 0 Å². The van der Waals surface area contributed by atoms with Crippen molar-refractivity contribution in [2.45, 2.75) is 38.1 Å². The summed E-state index contributed by atoms with van der Waals surface area (Å²) in [6, 6.07) is 13.7. The molecule has 1 amide bonds. The number of methoxy groups -OCH3 is 1. The number of aryl methyl sites for hydroxylation is 1. The summed E-state index contributed by atoms with van der Waals surface area (Å²) in [7, 11) is 3.76. The second kappa shape index (κ2) is 10.8. The van der Waals surface area contributed by atoms with E-state index >= 15 is 0 Å². The summed E-state index contributed by atoms with van der Waals surface area (Å²) in [5, 5.41) is 6.34. The molecule has 30 heavy (non-hydrogen) atoms. The number of amides is 1. The van der Waals surface area contributed by atoms with Crippen molar-refractivity contribution in [1.82, 2.24) is 4.90 Å². The van der Waals surface area contributed by atoms with Crippen LogP contribution in [-0.2, 0) is 17.6 Å². The molecular weight excluding hydrogens is 374 g/mol. The van der Waals surface area contributed by atoms with E-state index in [1.807, 2.05) is 30.3 Å². The minimum atomic E-state index is -0.238. The van der Waals surface area contributed by atoms with Crippen molar-refractivity contribution in [3.63, 3.8) is 0 Å². The smallest absolute Gasteiger partial charge is 0.247 e. The molecule has 0 bridgehead atoms. The molecule has 0 saturated carbocycles. The maximum absolute atomic E-state index is 12.7. The number of nitrogens with zero attached hydrogens (tertiary/aromatic N) is 1. The molecule has 0 aliphatic carbocycles. The van der Waals surface area contributed by atoms with Crippen LogP contribution >= 0.6 is 0 Å². The zero-order valence-corrected chi connectivity index (χ0v) is 18.1. The average Bonchev–Trinajstić information content (AvgIpc) is 3.18. The number of hydrogen-bond donors (Lipinski definition) is 2. The minimum Gasteiger partial charge on any atom is -0.497 e. The summed E-state index contributed by atoms with van der Waals surface area (Å²) >= 11 is 0. The molecule has 5 nitrogen and oxygen atoms in total. The van der Waals surface area contributed by atoms with Crippen LogP contribution in [0.5, 0.6) is 5.75 Å². The number of benzene rings is 2. The van der Waals surface area contributed by atoms with Gasteiger partial charge in [-0.3, -0.25) is 4.79 Å². The molecule has 0 saturated heterocycles. The predicted molar refractivity (Wildman–Crippen MR) is 124 cm³/mol. The summed E-state index contributed by atoms with van der Waals surface area (Å²) in [4.78, 5) is 14.9. The van der Waals surface area contributed by atoms with Crippen LogP contribution in [0, 0.1) is 0 Å². The number of ether oxygens (including phenoxy) is 1. The lowest BCUT2D eigenvalue weighted by molar-refractivity contribution is -0.116. The van der Waals surface area contributed by atoms with E-state index in [-0.39, 0.29) is 11.9 Å². The lowest BCUT2D eigenvalue weighted by Gasteiger charge is -2.13. The summed E-state index contributed by atoms with van der Waals surface area (Å²) in [6.07, 6.45) is 7.38. The van der Waals surface area contributed by atoms with Crippen molar-refractivity contribution in [2.75, 3.05) is 37.9 Å². The first kappa shape index (κ1) is 21.9. The third-order valence-electron chi connectivity index (χ3n) is 5.54. The summed E-state index contributed by atoms with van der Waals surface area (Å²) in [5.74, 6) is 0.761. The number of rotatable bonds is 11. The van der Waals surface area contributed by atoms with Crippen LogP contribution in [0.15, 0.2) is 55.1 Å². The molecule has 1 atom stereocenters. The van der Waals surface area contributed by atoms with E-state index in [0.717, 1.165) is 43.1 Å². The zero-order chi connectivity index (χ0) is 21.3. The number of anilines is 2. The van der Waals surface area contributed by atoms with E-state index in [4.69, 9.17) is 4.74 Å². The highest BCUT2D eigenvalue weighted by atomic mass is 16.5. The van der Waals surface area contributed by atoms with Crippen LogP contribution in [0.1, 0.15) is 30.4 Å². The molecule has 2 aromatic carbocycles. The van der Waals surface area contributed by atoms with Crippen LogP contribution < -0.4 is 15.4 Å². The number of nitrogens with one attached hydrogen (secondary N) is 2. The Balaban J connectivity index is 1.45. The summed E-state index contributed by atoms with van der Waals surface area (Å²) < 4.78 is 5.16. The number of carbonyl (C=O) groups is 1. The van der Waals surface area contributed by atoms with E-state index in [2.05, 4.69) is 47.4 Å². The standard InChI is InChI=1S/C25H33N3O2/c1-4-15-28(2)16-7-5-6-8-19-9-14-23-20(17-19)18-24(27-23)25(29)26-21-10-12-22(30-3)13-11-21/h4,9-14,17,24,27H,1,5-8,15-16,18H2,2-3H3,(H,26,29). The van der Waals surface area contributed by atoms with Gasteiger partial charge in [0.1, 0.15) is 11.8 Å². The second-order valence-corrected chi connectivity index (χ2v) is 7.97. The van der Waals surface area contributed by atoms with Crippen LogP contribution in [0.4, 0.5) is 11.4 Å². The first-order chi connectivity index (χ1) is 14.6. The summed E-state index contributed by atoms with van der Waals surface area (Å²) in [6.45, 7) is 5.85. The Kier molecular flexibility index (Phi) is 7.91. The second-order valence-electron chi connectivity index (χ2n) is 7.97. The molecule has 1 aliphatic rings. The fraction of sp³-hybridized carbons (Fsp3) is 0.400. The first-order valence-corrected chi connectivity index (χ1v) is 10.7. The molecule has 2 aromatic rings. The fourth-order valence-corrected chi connectivity index (χ4v) is 3.83. The maximum atomic E-state index is 12.7. The van der Waals surface area contributed by atoms with Crippen LogP contribution in [0.2, 0.25) is 0 Å². The third-order valence-corrected chi connectivity index (χ3v) is 5.54. The third kappa shape index (κ3) is 6.10. The van der Waals surface area contributed by atoms with Gasteiger partial charge in [0.05, 0.1) is 7.11 Å². The van der Waals surface area contributed by atoms with Crippen molar-refractivity contribution < 1.29 is 9.53 Å². The fourth-order valence-electron chi connectivity index (χ4n) is 3.83. The lowest BCUT2D eigenvalue weighted by Crippen LogP contribution is -2.32. The molecule has 2 N–H and O–H groups in total. The highest BCUT2D eigenvalue weighted by Gasteiger charge is 2.26. The Morgan fingerprint density at radius 3 is 2.77 bits per heavy atom. The Bertz CT molecular complexity index is 848. The highest BCUT2D eigenvalue weighted by Crippen LogP contribution is 2.28. The van der Waals surface area contributed by atoms with Gasteiger partial charge in [-0.1, -0.05) is 24.6 Å². The Morgan fingerprint density at radius 1 is 1.23 bits per heavy atom. The largest absolute Gasteiger partial charge is 0.497 e. The van der Waals surface area contributed by atoms with Gasteiger partial charge >= 0.3 is 0 Å². The molecular formula is C25H33N3O2. The molecule has 1 aliphatic heterocycles. The maximum Gasteiger partial charge on any atom is 0.247 e. The van der Waals surface area contributed by atoms with E-state index in [1.165, 1.54) is 30.4 Å². The quantitative estimate of drug-likeness (QED) is 0.425. The van der Waals surface area contributed by atoms with Crippen LogP contribution in [-0.4, -0.2) is 44.1 Å². The van der Waals surface area contributed by atoms with Gasteiger partial charge in [-0.25, -0.2) is 0 Å². The van der Waals surface area contributed by atoms with Gasteiger partial charge in [-0.05, 0) is 74.3 Å². The SMILES string of the molecule is C=CCN(C)CCCCCc1ccc2c(c1)CC(C(=O)Nc1ccc(OC)cc1)N2. The van der Waals surface area contributed by atoms with Gasteiger partial charge in [0.25, 0.3) is 0 Å². The van der Waals surface area contributed by atoms with Crippen molar-refractivity contribution in [3.8, 4) is 5.75 Å². The van der Waals surface area contributed by atoms with Gasteiger partial charge in [-0.2, -0.15) is 0 Å². The Hall–Kier alpha value is -2.79. The molecule has 0 aromatic heterocycles. The Labute approximate surface area is 180 Å². The van der Waals surface area contributed by atoms with Gasteiger partial charge in [0, 0.05) is 24.3 Å². The molecule has 160 valence electrons. The van der Waals surface area contributed by atoms with Crippen LogP contribution in [0.25, 0.3) is 0 Å². The van der Waals surface area contributed by atoms with Crippen molar-refractivity contribution in [1.29, 1.82) is 0 Å². The molecule has 1 unspecified atom stereocenters. The number of likely N-dealkylation sites (N-methyl/N-ethyl adjacent to an activating group) is 1. The first-order valence-electron chi connectivity index (χ1n) is 10.7. The average molecular weight is 408 g/mol. The number of hydrogen-bond acceptors (Lipinski definition) is 4. The lowest BCUT2D eigenvalue weighted by atomic mass is 10.0. The highest BCUT2D eigenvalue weighted by molar-refractivity contribution is 5.98. The molecule has 0 radical (unpaired) electrons. The Morgan fingerprint density at radius 2 is 2.03 bits per heavy atom. The van der Waals surface area contributed by atoms with Crippen LogP contribution in [0.3, 0.4) is 0 Å². The van der Waals surface area contributed by atoms with E-state index in [9.17, 15) is 4.79 Å². The van der Waals surface area contributed by atoms with E-state index in [1.54, 1.807) is 7.11 Å². The monoisotopic (exact) mass is 407 g/mol. The van der Waals surface area contributed by atoms with E-state index in [0.29, 0.717) is 0 Å². The number of fused-ring (bicyclic) bond motifs is 1. The number of carbonyl (C=O) groups excluding carboxylic acids is 1. The summed E-state index contributed by atoms with van der Waals surface area (Å²) in [5.41, 5.74) is 4.43. The van der Waals surface area contributed by atoms with Crippen molar-refractivity contribution >= 4 is 17.3 Å². The molecule has 0 spiro atoms. The zero-order valence-electron chi connectivity index (χ0n) is 18.1. The normalized spacial score (nSPS) is 14.8. The van der Waals surface area contributed by atoms with Gasteiger partial charge < -0.3 is 20.3 Å². The number of unbranched alkanes of at least 4 members (excludes halogenated alkanes) is 2. The molecule has 1 heterocycles.